The minimum absolute atomic E-state index is 0.413. The van der Waals surface area contributed by atoms with Crippen molar-refractivity contribution in [2.45, 2.75) is 33.2 Å². The number of nitrogens with zero attached hydrogens (tertiary/aromatic N) is 2. The number of aromatic nitrogens is 1. The van der Waals surface area contributed by atoms with Gasteiger partial charge in [-0.25, -0.2) is 4.98 Å². The van der Waals surface area contributed by atoms with Gasteiger partial charge in [0.2, 0.25) is 0 Å². The Morgan fingerprint density at radius 3 is 2.61 bits per heavy atom. The predicted octanol–water partition coefficient (Wildman–Crippen LogP) is 2.14. The maximum atomic E-state index is 5.76. The van der Waals surface area contributed by atoms with Crippen molar-refractivity contribution >= 4 is 5.82 Å². The van der Waals surface area contributed by atoms with Gasteiger partial charge in [-0.15, -0.1) is 0 Å². The van der Waals surface area contributed by atoms with Crippen molar-refractivity contribution in [1.82, 2.24) is 4.98 Å². The maximum absolute atomic E-state index is 5.76. The van der Waals surface area contributed by atoms with E-state index in [0.717, 1.165) is 30.2 Å². The molecule has 0 aliphatic carbocycles. The highest BCUT2D eigenvalue weighted by Gasteiger charge is 2.10. The van der Waals surface area contributed by atoms with Gasteiger partial charge in [-0.2, -0.15) is 0 Å². The van der Waals surface area contributed by atoms with Gasteiger partial charge in [0.05, 0.1) is 6.61 Å². The summed E-state index contributed by atoms with van der Waals surface area (Å²) in [6.45, 7) is 9.46. The van der Waals surface area contributed by atoms with Crippen molar-refractivity contribution in [2.75, 3.05) is 31.7 Å². The molecule has 0 aliphatic heterocycles. The molecule has 0 radical (unpaired) electrons. The van der Waals surface area contributed by atoms with Crippen LogP contribution in [0.3, 0.4) is 0 Å². The number of methoxy groups -OCH3 is 1. The zero-order valence-corrected chi connectivity index (χ0v) is 11.9. The summed E-state index contributed by atoms with van der Waals surface area (Å²) in [5.41, 5.74) is 8.00. The molecule has 0 atom stereocenters. The SMILES string of the molecule is CCN(CCOC)c1cc(CN)cc(C(C)C)n1. The van der Waals surface area contributed by atoms with E-state index in [1.807, 2.05) is 0 Å². The molecule has 1 heterocycles. The molecule has 0 spiro atoms. The first-order valence-electron chi connectivity index (χ1n) is 6.57. The molecule has 2 N–H and O–H groups in total. The topological polar surface area (TPSA) is 51.4 Å². The largest absolute Gasteiger partial charge is 0.383 e. The van der Waals surface area contributed by atoms with Gasteiger partial charge in [0.1, 0.15) is 5.82 Å². The number of anilines is 1. The standard InChI is InChI=1S/C14H25N3O/c1-5-17(6-7-18-4)14-9-12(10-15)8-13(16-14)11(2)3/h8-9,11H,5-7,10,15H2,1-4H3. The molecule has 0 aromatic carbocycles. The molecule has 102 valence electrons. The van der Waals surface area contributed by atoms with Gasteiger partial charge < -0.3 is 15.4 Å². The van der Waals surface area contributed by atoms with Gasteiger partial charge in [-0.05, 0) is 30.5 Å². The molecule has 4 heteroatoms. The van der Waals surface area contributed by atoms with Crippen LogP contribution < -0.4 is 10.6 Å². The molecule has 0 unspecified atom stereocenters. The van der Waals surface area contributed by atoms with Gasteiger partial charge in [0, 0.05) is 32.4 Å². The normalized spacial score (nSPS) is 11.0. The summed E-state index contributed by atoms with van der Waals surface area (Å²) >= 11 is 0. The van der Waals surface area contributed by atoms with Gasteiger partial charge in [-0.3, -0.25) is 0 Å². The van der Waals surface area contributed by atoms with E-state index in [2.05, 4.69) is 37.8 Å². The highest BCUT2D eigenvalue weighted by molar-refractivity contribution is 5.43. The first-order valence-corrected chi connectivity index (χ1v) is 6.57. The van der Waals surface area contributed by atoms with Crippen molar-refractivity contribution in [3.05, 3.63) is 23.4 Å². The Hall–Kier alpha value is -1.13. The summed E-state index contributed by atoms with van der Waals surface area (Å²) in [7, 11) is 1.72. The third-order valence-electron chi connectivity index (χ3n) is 2.99. The summed E-state index contributed by atoms with van der Waals surface area (Å²) < 4.78 is 5.14. The Kier molecular flexibility index (Phi) is 6.09. The van der Waals surface area contributed by atoms with E-state index in [1.54, 1.807) is 7.11 Å². The lowest BCUT2D eigenvalue weighted by atomic mass is 10.1. The van der Waals surface area contributed by atoms with Gasteiger partial charge in [-0.1, -0.05) is 13.8 Å². The number of hydrogen-bond donors (Lipinski definition) is 1. The third kappa shape index (κ3) is 3.96. The summed E-state index contributed by atoms with van der Waals surface area (Å²) in [5.74, 6) is 1.41. The smallest absolute Gasteiger partial charge is 0.129 e. The molecule has 4 nitrogen and oxygen atoms in total. The Bertz CT molecular complexity index is 366. The van der Waals surface area contributed by atoms with Crippen LogP contribution in [0.15, 0.2) is 12.1 Å². The molecule has 0 saturated heterocycles. The number of hydrogen-bond acceptors (Lipinski definition) is 4. The zero-order chi connectivity index (χ0) is 13.5. The fourth-order valence-electron chi connectivity index (χ4n) is 1.81. The molecule has 1 rings (SSSR count). The molecule has 1 aromatic heterocycles. The van der Waals surface area contributed by atoms with E-state index in [0.29, 0.717) is 19.1 Å². The molecule has 1 aromatic rings. The quantitative estimate of drug-likeness (QED) is 0.806. The van der Waals surface area contributed by atoms with E-state index >= 15 is 0 Å². The number of rotatable bonds is 7. The zero-order valence-electron chi connectivity index (χ0n) is 11.9. The van der Waals surface area contributed by atoms with E-state index in [-0.39, 0.29) is 0 Å². The monoisotopic (exact) mass is 251 g/mol. The summed E-state index contributed by atoms with van der Waals surface area (Å²) in [6, 6.07) is 4.17. The van der Waals surface area contributed by atoms with Crippen LogP contribution in [0.1, 0.15) is 37.9 Å². The van der Waals surface area contributed by atoms with E-state index < -0.39 is 0 Å². The molecule has 0 aliphatic rings. The van der Waals surface area contributed by atoms with Crippen LogP contribution in [-0.4, -0.2) is 31.8 Å². The van der Waals surface area contributed by atoms with Crippen LogP contribution in [0.4, 0.5) is 5.82 Å². The third-order valence-corrected chi connectivity index (χ3v) is 2.99. The number of ether oxygens (including phenoxy) is 1. The Morgan fingerprint density at radius 1 is 1.39 bits per heavy atom. The number of pyridine rings is 1. The lowest BCUT2D eigenvalue weighted by Gasteiger charge is -2.23. The van der Waals surface area contributed by atoms with Crippen LogP contribution in [0.5, 0.6) is 0 Å². The molecule has 0 saturated carbocycles. The number of likely N-dealkylation sites (N-methyl/N-ethyl adjacent to an activating group) is 1. The molecular formula is C14H25N3O. The fourth-order valence-corrected chi connectivity index (χ4v) is 1.81. The maximum Gasteiger partial charge on any atom is 0.129 e. The van der Waals surface area contributed by atoms with Gasteiger partial charge >= 0.3 is 0 Å². The number of nitrogens with two attached hydrogens (primary N) is 1. The van der Waals surface area contributed by atoms with Crippen molar-refractivity contribution in [1.29, 1.82) is 0 Å². The van der Waals surface area contributed by atoms with Crippen LogP contribution in [-0.2, 0) is 11.3 Å². The summed E-state index contributed by atoms with van der Waals surface area (Å²) in [5, 5.41) is 0. The van der Waals surface area contributed by atoms with Crippen LogP contribution in [0.2, 0.25) is 0 Å². The molecule has 0 bridgehead atoms. The summed E-state index contributed by atoms with van der Waals surface area (Å²) in [4.78, 5) is 6.94. The second-order valence-corrected chi connectivity index (χ2v) is 4.69. The van der Waals surface area contributed by atoms with Crippen molar-refractivity contribution in [3.63, 3.8) is 0 Å². The second-order valence-electron chi connectivity index (χ2n) is 4.69. The van der Waals surface area contributed by atoms with Gasteiger partial charge in [0.25, 0.3) is 0 Å². The van der Waals surface area contributed by atoms with Crippen LogP contribution in [0.25, 0.3) is 0 Å². The molecule has 18 heavy (non-hydrogen) atoms. The lowest BCUT2D eigenvalue weighted by molar-refractivity contribution is 0.205. The van der Waals surface area contributed by atoms with E-state index in [4.69, 9.17) is 15.5 Å². The molecular weight excluding hydrogens is 226 g/mol. The first-order chi connectivity index (χ1) is 8.62. The summed E-state index contributed by atoms with van der Waals surface area (Å²) in [6.07, 6.45) is 0. The van der Waals surface area contributed by atoms with Crippen molar-refractivity contribution in [3.8, 4) is 0 Å². The highest BCUT2D eigenvalue weighted by Crippen LogP contribution is 2.20. The minimum atomic E-state index is 0.413. The fraction of sp³-hybridized carbons (Fsp3) is 0.643. The van der Waals surface area contributed by atoms with Crippen LogP contribution in [0, 0.1) is 0 Å². The first kappa shape index (κ1) is 14.9. The second kappa shape index (κ2) is 7.34. The van der Waals surface area contributed by atoms with Crippen LogP contribution >= 0.6 is 0 Å². The lowest BCUT2D eigenvalue weighted by Crippen LogP contribution is -2.28. The average molecular weight is 251 g/mol. The molecule has 0 amide bonds. The Balaban J connectivity index is 3.00. The van der Waals surface area contributed by atoms with Gasteiger partial charge in [0.15, 0.2) is 0 Å². The average Bonchev–Trinajstić information content (AvgIpc) is 2.39. The molecule has 0 fully saturated rings. The van der Waals surface area contributed by atoms with Crippen molar-refractivity contribution in [2.24, 2.45) is 5.73 Å². The Morgan fingerprint density at radius 2 is 2.11 bits per heavy atom. The minimum Gasteiger partial charge on any atom is -0.383 e. The Labute approximate surface area is 110 Å². The predicted molar refractivity (Wildman–Crippen MR) is 76.0 cm³/mol. The van der Waals surface area contributed by atoms with E-state index in [1.165, 1.54) is 0 Å². The van der Waals surface area contributed by atoms with Crippen molar-refractivity contribution < 1.29 is 4.74 Å². The highest BCUT2D eigenvalue weighted by atomic mass is 16.5. The van der Waals surface area contributed by atoms with E-state index in [9.17, 15) is 0 Å².